The number of H-pyrrole nitrogens is 1. The number of methoxy groups -OCH3 is 2. The van der Waals surface area contributed by atoms with Crippen LogP contribution >= 0.6 is 11.3 Å². The molecule has 2 aromatic heterocycles. The fourth-order valence-electron chi connectivity index (χ4n) is 6.72. The van der Waals surface area contributed by atoms with E-state index in [0.29, 0.717) is 39.4 Å². The van der Waals surface area contributed by atoms with Gasteiger partial charge in [0.15, 0.2) is 4.80 Å². The number of thiazole rings is 1. The van der Waals surface area contributed by atoms with Gasteiger partial charge in [0.2, 0.25) is 0 Å². The summed E-state index contributed by atoms with van der Waals surface area (Å²) in [5, 5.41) is 2.82. The first kappa shape index (κ1) is 31.2. The molecule has 8 nitrogen and oxygen atoms in total. The maximum absolute atomic E-state index is 14.8. The molecule has 7 rings (SSSR count). The molecule has 1 aliphatic heterocycles. The molecule has 0 saturated heterocycles. The van der Waals surface area contributed by atoms with E-state index in [1.165, 1.54) is 11.3 Å². The number of nitrogens with zero attached hydrogens (tertiary/aromatic N) is 3. The second kappa shape index (κ2) is 12.7. The number of hydrogen-bond acceptors (Lipinski definition) is 6. The lowest BCUT2D eigenvalue weighted by atomic mass is 9.90. The van der Waals surface area contributed by atoms with Gasteiger partial charge in [0.05, 0.1) is 35.7 Å². The molecule has 0 radical (unpaired) electrons. The number of aromatic amines is 1. The Morgan fingerprint density at radius 3 is 2.44 bits per heavy atom. The number of nitrogens with one attached hydrogen (secondary N) is 1. The number of aromatic nitrogens is 2. The van der Waals surface area contributed by atoms with Gasteiger partial charge >= 0.3 is 0 Å². The van der Waals surface area contributed by atoms with E-state index in [-0.39, 0.29) is 11.5 Å². The van der Waals surface area contributed by atoms with Gasteiger partial charge in [0.25, 0.3) is 11.5 Å². The van der Waals surface area contributed by atoms with Crippen molar-refractivity contribution in [1.29, 1.82) is 0 Å². The van der Waals surface area contributed by atoms with Crippen LogP contribution in [0.3, 0.4) is 0 Å². The first-order valence-corrected chi connectivity index (χ1v) is 16.8. The zero-order chi connectivity index (χ0) is 33.5. The summed E-state index contributed by atoms with van der Waals surface area (Å²) in [7, 11) is 3.26. The van der Waals surface area contributed by atoms with Crippen LogP contribution in [0.15, 0.2) is 106 Å². The predicted molar refractivity (Wildman–Crippen MR) is 192 cm³/mol. The molecule has 6 aromatic rings. The Kier molecular flexibility index (Phi) is 8.23. The lowest BCUT2D eigenvalue weighted by molar-refractivity contribution is -0.127. The van der Waals surface area contributed by atoms with Gasteiger partial charge < -0.3 is 19.4 Å². The average Bonchev–Trinajstić information content (AvgIpc) is 3.63. The smallest absolute Gasteiger partial charge is 0.271 e. The molecule has 48 heavy (non-hydrogen) atoms. The minimum atomic E-state index is -0.755. The minimum Gasteiger partial charge on any atom is -0.497 e. The minimum absolute atomic E-state index is 0.148. The molecule has 242 valence electrons. The van der Waals surface area contributed by atoms with Gasteiger partial charge in [-0.2, -0.15) is 0 Å². The summed E-state index contributed by atoms with van der Waals surface area (Å²) in [5.41, 5.74) is 5.26. The Morgan fingerprint density at radius 2 is 1.71 bits per heavy atom. The van der Waals surface area contributed by atoms with Gasteiger partial charge in [-0.3, -0.25) is 14.2 Å². The molecule has 4 aromatic carbocycles. The number of amides is 1. The monoisotopic (exact) mass is 656 g/mol. The molecular formula is C39H36N4O4S. The summed E-state index contributed by atoms with van der Waals surface area (Å²) in [5.74, 6) is 1.17. The van der Waals surface area contributed by atoms with Gasteiger partial charge in [0, 0.05) is 35.1 Å². The number of ether oxygens (including phenoxy) is 2. The van der Waals surface area contributed by atoms with Crippen molar-refractivity contribution in [1.82, 2.24) is 14.5 Å². The molecule has 0 fully saturated rings. The van der Waals surface area contributed by atoms with E-state index in [2.05, 4.69) is 4.98 Å². The van der Waals surface area contributed by atoms with E-state index >= 15 is 0 Å². The highest BCUT2D eigenvalue weighted by Crippen LogP contribution is 2.41. The number of benzene rings is 4. The summed E-state index contributed by atoms with van der Waals surface area (Å²) < 4.78 is 13.7. The molecule has 0 bridgehead atoms. The van der Waals surface area contributed by atoms with Crippen molar-refractivity contribution in [3.8, 4) is 22.8 Å². The third-order valence-corrected chi connectivity index (χ3v) is 10.1. The number of allylic oxidation sites excluding steroid dienone is 1. The van der Waals surface area contributed by atoms with Crippen LogP contribution in [-0.2, 0) is 4.79 Å². The molecular weight excluding hydrogens is 621 g/mol. The zero-order valence-electron chi connectivity index (χ0n) is 27.5. The van der Waals surface area contributed by atoms with Crippen molar-refractivity contribution in [3.63, 3.8) is 0 Å². The van der Waals surface area contributed by atoms with E-state index in [1.807, 2.05) is 112 Å². The third kappa shape index (κ3) is 5.11. The van der Waals surface area contributed by atoms with Crippen molar-refractivity contribution in [3.05, 3.63) is 127 Å². The lowest BCUT2D eigenvalue weighted by Crippen LogP contribution is -2.43. The number of fused-ring (bicyclic) bond motifs is 3. The maximum atomic E-state index is 14.8. The summed E-state index contributed by atoms with van der Waals surface area (Å²) in [6.07, 6.45) is 1.94. The third-order valence-electron chi connectivity index (χ3n) is 9.11. The van der Waals surface area contributed by atoms with Crippen LogP contribution in [0.4, 0.5) is 0 Å². The van der Waals surface area contributed by atoms with Crippen LogP contribution in [0.2, 0.25) is 0 Å². The highest BCUT2D eigenvalue weighted by molar-refractivity contribution is 7.07. The van der Waals surface area contributed by atoms with Gasteiger partial charge in [-0.05, 0) is 67.4 Å². The highest BCUT2D eigenvalue weighted by Gasteiger charge is 2.36. The normalized spacial score (nSPS) is 14.7. The summed E-state index contributed by atoms with van der Waals surface area (Å²) in [6, 6.07) is 27.1. The van der Waals surface area contributed by atoms with Crippen LogP contribution < -0.4 is 24.4 Å². The standard InChI is InChI=1S/C39H36N4O4S/c1-6-42(7-2)38(45)33-23(3)40-39-43(36(33)34-27-16-12-11-13-24(27)17-20-31(34)47-5)37(44)32(48-39)22-29-28-21-26(46-4)18-19-30(28)41-35(29)25-14-9-8-10-15-25/h8-22,36,41H,6-7H2,1-5H3/b32-22+/t36-/m0/s1. The Balaban J connectivity index is 1.54. The van der Waals surface area contributed by atoms with Crippen molar-refractivity contribution < 1.29 is 14.3 Å². The second-order valence-corrected chi connectivity index (χ2v) is 12.7. The predicted octanol–water partition coefficient (Wildman–Crippen LogP) is 6.42. The fourth-order valence-corrected chi connectivity index (χ4v) is 7.75. The Bertz CT molecular complexity index is 2420. The fraction of sp³-hybridized carbons (Fsp3) is 0.205. The quantitative estimate of drug-likeness (QED) is 0.205. The number of hydrogen-bond donors (Lipinski definition) is 1. The van der Waals surface area contributed by atoms with E-state index in [4.69, 9.17) is 14.5 Å². The van der Waals surface area contributed by atoms with Crippen molar-refractivity contribution in [2.24, 2.45) is 4.99 Å². The average molecular weight is 657 g/mol. The van der Waals surface area contributed by atoms with Crippen LogP contribution in [-0.4, -0.2) is 47.7 Å². The van der Waals surface area contributed by atoms with E-state index in [0.717, 1.165) is 49.8 Å². The van der Waals surface area contributed by atoms with Crippen molar-refractivity contribution >= 4 is 45.0 Å². The summed E-state index contributed by atoms with van der Waals surface area (Å²) in [4.78, 5) is 39.9. The van der Waals surface area contributed by atoms with Crippen molar-refractivity contribution in [2.75, 3.05) is 27.3 Å². The Labute approximate surface area is 281 Å². The van der Waals surface area contributed by atoms with E-state index < -0.39 is 6.04 Å². The van der Waals surface area contributed by atoms with Crippen LogP contribution in [0.5, 0.6) is 11.5 Å². The Morgan fingerprint density at radius 1 is 0.958 bits per heavy atom. The van der Waals surface area contributed by atoms with Gasteiger partial charge in [0.1, 0.15) is 17.5 Å². The largest absolute Gasteiger partial charge is 0.497 e. The van der Waals surface area contributed by atoms with Crippen LogP contribution in [0.25, 0.3) is 39.0 Å². The molecule has 0 aliphatic carbocycles. The SMILES string of the molecule is CCN(CC)C(=O)C1=C(C)N=c2s/c(=C/c3c(-c4ccccc4)[nH]c4ccc(OC)cc34)c(=O)n2[C@@H]1c1c(OC)ccc2ccccc12. The van der Waals surface area contributed by atoms with Crippen molar-refractivity contribution in [2.45, 2.75) is 26.8 Å². The molecule has 1 amide bonds. The molecule has 0 saturated carbocycles. The summed E-state index contributed by atoms with van der Waals surface area (Å²) >= 11 is 1.32. The van der Waals surface area contributed by atoms with E-state index in [9.17, 15) is 9.59 Å². The molecule has 0 spiro atoms. The maximum Gasteiger partial charge on any atom is 0.271 e. The zero-order valence-corrected chi connectivity index (χ0v) is 28.4. The first-order chi connectivity index (χ1) is 23.4. The molecule has 1 aliphatic rings. The molecule has 1 atom stereocenters. The number of rotatable bonds is 8. The first-order valence-electron chi connectivity index (χ1n) is 16.0. The lowest BCUT2D eigenvalue weighted by Gasteiger charge is -2.30. The molecule has 3 heterocycles. The number of likely N-dealkylation sites (N-methyl/N-ethyl adjacent to an activating group) is 1. The number of carbonyl (C=O) groups is 1. The molecule has 1 N–H and O–H groups in total. The van der Waals surface area contributed by atoms with Gasteiger partial charge in [-0.1, -0.05) is 72.0 Å². The van der Waals surface area contributed by atoms with Crippen LogP contribution in [0.1, 0.15) is 37.9 Å². The number of carbonyl (C=O) groups excluding carboxylic acids is 1. The van der Waals surface area contributed by atoms with Gasteiger partial charge in [-0.25, -0.2) is 4.99 Å². The van der Waals surface area contributed by atoms with Gasteiger partial charge in [-0.15, -0.1) is 0 Å². The van der Waals surface area contributed by atoms with E-state index in [1.54, 1.807) is 23.7 Å². The van der Waals surface area contributed by atoms with Crippen LogP contribution in [0, 0.1) is 0 Å². The summed E-state index contributed by atoms with van der Waals surface area (Å²) in [6.45, 7) is 6.84. The Hall–Kier alpha value is -5.41. The molecule has 0 unspecified atom stereocenters. The highest BCUT2D eigenvalue weighted by atomic mass is 32.1. The second-order valence-electron chi connectivity index (χ2n) is 11.7. The molecule has 9 heteroatoms. The topological polar surface area (TPSA) is 88.9 Å².